The smallest absolute Gasteiger partial charge is 0.126 e. The van der Waals surface area contributed by atoms with Crippen LogP contribution >= 0.6 is 11.6 Å². The highest BCUT2D eigenvalue weighted by atomic mass is 35.5. The van der Waals surface area contributed by atoms with Crippen LogP contribution < -0.4 is 5.73 Å². The van der Waals surface area contributed by atoms with Gasteiger partial charge in [-0.05, 0) is 18.2 Å². The summed E-state index contributed by atoms with van der Waals surface area (Å²) in [5.74, 6) is 0.508. The molecule has 0 aliphatic carbocycles. The molecule has 0 unspecified atom stereocenters. The molecular weight excluding hydrogens is 202 g/mol. The van der Waals surface area contributed by atoms with Crippen LogP contribution in [-0.2, 0) is 0 Å². The van der Waals surface area contributed by atoms with Crippen molar-refractivity contribution >= 4 is 17.4 Å². The van der Waals surface area contributed by atoms with E-state index in [0.29, 0.717) is 22.0 Å². The van der Waals surface area contributed by atoms with Gasteiger partial charge in [0.2, 0.25) is 0 Å². The summed E-state index contributed by atoms with van der Waals surface area (Å²) in [6.45, 7) is 0. The van der Waals surface area contributed by atoms with Crippen molar-refractivity contribution in [2.75, 3.05) is 5.73 Å². The van der Waals surface area contributed by atoms with Gasteiger partial charge in [0.05, 0.1) is 6.20 Å². The quantitative estimate of drug-likeness (QED) is 0.673. The number of phenols is 1. The average molecular weight is 210 g/mol. The fourth-order valence-electron chi connectivity index (χ4n) is 1.24. The van der Waals surface area contributed by atoms with Crippen molar-refractivity contribution in [3.05, 3.63) is 29.4 Å². The lowest BCUT2D eigenvalue weighted by Gasteiger charge is -2.02. The molecule has 0 saturated carbocycles. The van der Waals surface area contributed by atoms with Crippen LogP contribution in [-0.4, -0.2) is 15.3 Å². The number of aromatic hydroxyl groups is 1. The van der Waals surface area contributed by atoms with Crippen LogP contribution in [0.1, 0.15) is 0 Å². The van der Waals surface area contributed by atoms with Crippen molar-refractivity contribution < 1.29 is 5.11 Å². The van der Waals surface area contributed by atoms with E-state index in [9.17, 15) is 5.11 Å². The van der Waals surface area contributed by atoms with Crippen molar-refractivity contribution in [3.63, 3.8) is 0 Å². The molecule has 2 aromatic rings. The van der Waals surface area contributed by atoms with E-state index in [0.717, 1.165) is 0 Å². The van der Waals surface area contributed by atoms with Crippen molar-refractivity contribution in [1.29, 1.82) is 0 Å². The van der Waals surface area contributed by atoms with Gasteiger partial charge in [-0.25, -0.2) is 0 Å². The SMILES string of the molecule is Nc1[nH]ncc1-c1ccc(Cl)cc1O. The summed E-state index contributed by atoms with van der Waals surface area (Å²) in [4.78, 5) is 0. The minimum atomic E-state index is 0.0885. The van der Waals surface area contributed by atoms with Gasteiger partial charge in [-0.15, -0.1) is 0 Å². The summed E-state index contributed by atoms with van der Waals surface area (Å²) < 4.78 is 0. The third kappa shape index (κ3) is 1.40. The van der Waals surface area contributed by atoms with Gasteiger partial charge in [0.1, 0.15) is 11.6 Å². The highest BCUT2D eigenvalue weighted by Crippen LogP contribution is 2.33. The van der Waals surface area contributed by atoms with Crippen LogP contribution in [0.5, 0.6) is 5.75 Å². The molecule has 0 aliphatic heterocycles. The largest absolute Gasteiger partial charge is 0.507 e. The molecule has 0 aliphatic rings. The number of phenolic OH excluding ortho intramolecular Hbond substituents is 1. The van der Waals surface area contributed by atoms with E-state index >= 15 is 0 Å². The Bertz CT molecular complexity index is 467. The molecule has 0 fully saturated rings. The number of nitrogen functional groups attached to an aromatic ring is 1. The van der Waals surface area contributed by atoms with Crippen LogP contribution in [0.3, 0.4) is 0 Å². The van der Waals surface area contributed by atoms with Gasteiger partial charge in [-0.3, -0.25) is 5.10 Å². The number of halogens is 1. The minimum Gasteiger partial charge on any atom is -0.507 e. The molecule has 0 saturated heterocycles. The predicted octanol–water partition coefficient (Wildman–Crippen LogP) is 2.02. The second-order valence-electron chi connectivity index (χ2n) is 2.86. The Kier molecular flexibility index (Phi) is 2.05. The Hall–Kier alpha value is -1.68. The number of nitrogens with one attached hydrogen (secondary N) is 1. The number of hydrogen-bond acceptors (Lipinski definition) is 3. The summed E-state index contributed by atoms with van der Waals surface area (Å²) in [7, 11) is 0. The maximum atomic E-state index is 9.61. The number of benzene rings is 1. The van der Waals surface area contributed by atoms with Crippen LogP contribution in [0.15, 0.2) is 24.4 Å². The first-order chi connectivity index (χ1) is 6.68. The first-order valence-corrected chi connectivity index (χ1v) is 4.34. The van der Waals surface area contributed by atoms with Gasteiger partial charge in [-0.1, -0.05) is 11.6 Å². The van der Waals surface area contributed by atoms with Crippen LogP contribution in [0, 0.1) is 0 Å². The molecule has 14 heavy (non-hydrogen) atoms. The van der Waals surface area contributed by atoms with Gasteiger partial charge in [0, 0.05) is 16.1 Å². The molecular formula is C9H8ClN3O. The monoisotopic (exact) mass is 209 g/mol. The summed E-state index contributed by atoms with van der Waals surface area (Å²) in [6, 6.07) is 4.84. The Morgan fingerprint density at radius 1 is 1.36 bits per heavy atom. The highest BCUT2D eigenvalue weighted by molar-refractivity contribution is 6.30. The number of hydrogen-bond donors (Lipinski definition) is 3. The van der Waals surface area contributed by atoms with Gasteiger partial charge < -0.3 is 10.8 Å². The number of nitrogens with two attached hydrogens (primary N) is 1. The standard InChI is InChI=1S/C9H8ClN3O/c10-5-1-2-6(8(14)3-5)7-4-12-13-9(7)11/h1-4,14H,(H3,11,12,13). The van der Waals surface area contributed by atoms with E-state index in [2.05, 4.69) is 10.2 Å². The normalized spacial score (nSPS) is 10.4. The Balaban J connectivity index is 2.58. The zero-order valence-corrected chi connectivity index (χ0v) is 7.92. The molecule has 1 heterocycles. The minimum absolute atomic E-state index is 0.0885. The lowest BCUT2D eigenvalue weighted by atomic mass is 10.1. The van der Waals surface area contributed by atoms with Gasteiger partial charge in [0.25, 0.3) is 0 Å². The van der Waals surface area contributed by atoms with Crippen LogP contribution in [0.4, 0.5) is 5.82 Å². The molecule has 0 atom stereocenters. The van der Waals surface area contributed by atoms with Crippen molar-refractivity contribution in [1.82, 2.24) is 10.2 Å². The number of nitrogens with zero attached hydrogens (tertiary/aromatic N) is 1. The van der Waals surface area contributed by atoms with E-state index in [1.165, 1.54) is 6.07 Å². The molecule has 2 rings (SSSR count). The second-order valence-corrected chi connectivity index (χ2v) is 3.30. The summed E-state index contributed by atoms with van der Waals surface area (Å²) >= 11 is 5.70. The lowest BCUT2D eigenvalue weighted by molar-refractivity contribution is 0.477. The summed E-state index contributed by atoms with van der Waals surface area (Å²) in [5, 5.41) is 16.4. The van der Waals surface area contributed by atoms with Gasteiger partial charge in [-0.2, -0.15) is 5.10 Å². The Labute approximate surface area is 85.3 Å². The molecule has 4 nitrogen and oxygen atoms in total. The molecule has 1 aromatic heterocycles. The summed E-state index contributed by atoms with van der Waals surface area (Å²) in [5.41, 5.74) is 6.89. The zero-order chi connectivity index (χ0) is 10.1. The molecule has 1 aromatic carbocycles. The fourth-order valence-corrected chi connectivity index (χ4v) is 1.41. The van der Waals surface area contributed by atoms with Gasteiger partial charge in [0.15, 0.2) is 0 Å². The van der Waals surface area contributed by atoms with Crippen LogP contribution in [0.25, 0.3) is 11.1 Å². The first kappa shape index (κ1) is 8.90. The van der Waals surface area contributed by atoms with Gasteiger partial charge >= 0.3 is 0 Å². The van der Waals surface area contributed by atoms with E-state index in [4.69, 9.17) is 17.3 Å². The Morgan fingerprint density at radius 3 is 2.71 bits per heavy atom. The number of aromatic nitrogens is 2. The molecule has 72 valence electrons. The molecule has 5 heteroatoms. The molecule has 0 amide bonds. The van der Waals surface area contributed by atoms with Crippen molar-refractivity contribution in [3.8, 4) is 16.9 Å². The fraction of sp³-hybridized carbons (Fsp3) is 0. The third-order valence-corrected chi connectivity index (χ3v) is 2.15. The third-order valence-electron chi connectivity index (χ3n) is 1.92. The number of aromatic amines is 1. The van der Waals surface area contributed by atoms with E-state index in [-0.39, 0.29) is 5.75 Å². The average Bonchev–Trinajstić information content (AvgIpc) is 2.52. The van der Waals surface area contributed by atoms with E-state index in [1.807, 2.05) is 0 Å². The van der Waals surface area contributed by atoms with Crippen LogP contribution in [0.2, 0.25) is 5.02 Å². The van der Waals surface area contributed by atoms with E-state index in [1.54, 1.807) is 18.3 Å². The second kappa shape index (κ2) is 3.23. The number of H-pyrrole nitrogens is 1. The highest BCUT2D eigenvalue weighted by Gasteiger charge is 2.09. The topological polar surface area (TPSA) is 74.9 Å². The number of rotatable bonds is 1. The molecule has 0 spiro atoms. The zero-order valence-electron chi connectivity index (χ0n) is 7.16. The summed E-state index contributed by atoms with van der Waals surface area (Å²) in [6.07, 6.45) is 1.55. The lowest BCUT2D eigenvalue weighted by Crippen LogP contribution is -1.87. The maximum absolute atomic E-state index is 9.61. The first-order valence-electron chi connectivity index (χ1n) is 3.96. The maximum Gasteiger partial charge on any atom is 0.126 e. The molecule has 0 radical (unpaired) electrons. The molecule has 0 bridgehead atoms. The van der Waals surface area contributed by atoms with Crippen molar-refractivity contribution in [2.24, 2.45) is 0 Å². The predicted molar refractivity (Wildman–Crippen MR) is 55.1 cm³/mol. The Morgan fingerprint density at radius 2 is 2.14 bits per heavy atom. The van der Waals surface area contributed by atoms with E-state index < -0.39 is 0 Å². The number of anilines is 1. The molecule has 4 N–H and O–H groups in total. The van der Waals surface area contributed by atoms with Crippen molar-refractivity contribution in [2.45, 2.75) is 0 Å².